The van der Waals surface area contributed by atoms with Gasteiger partial charge in [0.05, 0.1) is 16.0 Å². The average molecular weight is 476 g/mol. The van der Waals surface area contributed by atoms with Crippen molar-refractivity contribution in [3.05, 3.63) is 57.2 Å². The zero-order chi connectivity index (χ0) is 18.4. The van der Waals surface area contributed by atoms with E-state index in [0.29, 0.717) is 18.2 Å². The monoisotopic (exact) mass is 476 g/mol. The summed E-state index contributed by atoms with van der Waals surface area (Å²) >= 11 is 2.08. The molecule has 0 saturated carbocycles. The van der Waals surface area contributed by atoms with Crippen LogP contribution in [0.5, 0.6) is 11.5 Å². The molecule has 0 radical (unpaired) electrons. The molecule has 0 heterocycles. The molecular formula is C19H23F2IO2Si. The van der Waals surface area contributed by atoms with Crippen molar-refractivity contribution in [1.82, 2.24) is 0 Å². The molecule has 0 aliphatic rings. The SMILES string of the molecule is CC[Si](CC)(COc1ccc(F)cc1C)COc1ccc(F)cc1I. The van der Waals surface area contributed by atoms with Crippen LogP contribution in [0.3, 0.4) is 0 Å². The summed E-state index contributed by atoms with van der Waals surface area (Å²) in [5.41, 5.74) is 0.795. The summed E-state index contributed by atoms with van der Waals surface area (Å²) in [5, 5.41) is 0. The van der Waals surface area contributed by atoms with E-state index in [4.69, 9.17) is 9.47 Å². The van der Waals surface area contributed by atoms with Crippen LogP contribution in [0.25, 0.3) is 0 Å². The number of rotatable bonds is 8. The molecule has 0 atom stereocenters. The number of hydrogen-bond acceptors (Lipinski definition) is 2. The molecule has 0 amide bonds. The molecule has 0 aromatic heterocycles. The van der Waals surface area contributed by atoms with Crippen LogP contribution in [0.1, 0.15) is 19.4 Å². The molecule has 2 aromatic carbocycles. The third-order valence-corrected chi connectivity index (χ3v) is 9.96. The second kappa shape index (κ2) is 8.98. The van der Waals surface area contributed by atoms with Gasteiger partial charge in [0.2, 0.25) is 0 Å². The van der Waals surface area contributed by atoms with Crippen molar-refractivity contribution in [1.29, 1.82) is 0 Å². The second-order valence-corrected chi connectivity index (χ2v) is 12.4. The lowest BCUT2D eigenvalue weighted by Crippen LogP contribution is -2.46. The maximum Gasteiger partial charge on any atom is 0.141 e. The Bertz CT molecular complexity index is 663. The van der Waals surface area contributed by atoms with Crippen molar-refractivity contribution in [3.8, 4) is 11.5 Å². The Morgan fingerprint density at radius 1 is 0.880 bits per heavy atom. The molecule has 0 aliphatic carbocycles. The topological polar surface area (TPSA) is 18.5 Å². The first kappa shape index (κ1) is 20.2. The van der Waals surface area contributed by atoms with Crippen LogP contribution in [0.2, 0.25) is 12.1 Å². The van der Waals surface area contributed by atoms with E-state index >= 15 is 0 Å². The van der Waals surface area contributed by atoms with Gasteiger partial charge in [-0.2, -0.15) is 0 Å². The van der Waals surface area contributed by atoms with Crippen molar-refractivity contribution >= 4 is 30.7 Å². The molecule has 0 bridgehead atoms. The van der Waals surface area contributed by atoms with Crippen LogP contribution in [-0.2, 0) is 0 Å². The highest BCUT2D eigenvalue weighted by Crippen LogP contribution is 2.26. The van der Waals surface area contributed by atoms with E-state index in [-0.39, 0.29) is 11.6 Å². The number of ether oxygens (including phenoxy) is 2. The van der Waals surface area contributed by atoms with Gasteiger partial charge in [-0.3, -0.25) is 0 Å². The highest BCUT2D eigenvalue weighted by molar-refractivity contribution is 14.1. The Labute approximate surface area is 162 Å². The van der Waals surface area contributed by atoms with Gasteiger partial charge in [0.1, 0.15) is 31.2 Å². The molecule has 0 aliphatic heterocycles. The molecule has 25 heavy (non-hydrogen) atoms. The lowest BCUT2D eigenvalue weighted by atomic mass is 10.2. The minimum Gasteiger partial charge on any atom is -0.497 e. The summed E-state index contributed by atoms with van der Waals surface area (Å²) in [4.78, 5) is 0. The third-order valence-electron chi connectivity index (χ3n) is 4.60. The fourth-order valence-electron chi connectivity index (χ4n) is 2.53. The van der Waals surface area contributed by atoms with E-state index in [1.165, 1.54) is 24.3 Å². The predicted octanol–water partition coefficient (Wildman–Crippen LogP) is 5.90. The van der Waals surface area contributed by atoms with Crippen LogP contribution in [0.4, 0.5) is 8.78 Å². The maximum atomic E-state index is 13.2. The number of hydrogen-bond donors (Lipinski definition) is 0. The van der Waals surface area contributed by atoms with Crippen molar-refractivity contribution < 1.29 is 18.3 Å². The summed E-state index contributed by atoms with van der Waals surface area (Å²) in [6.45, 7) is 6.17. The van der Waals surface area contributed by atoms with Gasteiger partial charge in [-0.1, -0.05) is 25.9 Å². The summed E-state index contributed by atoms with van der Waals surface area (Å²) in [5.74, 6) is 0.908. The number of aryl methyl sites for hydroxylation is 1. The molecule has 0 saturated heterocycles. The van der Waals surface area contributed by atoms with Crippen molar-refractivity contribution in [3.63, 3.8) is 0 Å². The first-order valence-corrected chi connectivity index (χ1v) is 12.3. The van der Waals surface area contributed by atoms with Gasteiger partial charge in [-0.15, -0.1) is 0 Å². The smallest absolute Gasteiger partial charge is 0.141 e. The van der Waals surface area contributed by atoms with Crippen molar-refractivity contribution in [2.45, 2.75) is 32.9 Å². The predicted molar refractivity (Wildman–Crippen MR) is 108 cm³/mol. The van der Waals surface area contributed by atoms with Gasteiger partial charge in [0, 0.05) is 0 Å². The minimum atomic E-state index is -1.82. The molecule has 2 aromatic rings. The standard InChI is InChI=1S/C19H23F2IO2Si/c1-4-25(5-2,12-23-18-8-6-15(20)10-14(18)3)13-24-19-9-7-16(21)11-17(19)22/h6-11H,4-5,12-13H2,1-3H3. The third kappa shape index (κ3) is 5.41. The molecule has 0 N–H and O–H groups in total. The minimum absolute atomic E-state index is 0.256. The van der Waals surface area contributed by atoms with Gasteiger partial charge in [-0.05, 0) is 71.5 Å². The molecule has 6 heteroatoms. The average Bonchev–Trinajstić information content (AvgIpc) is 2.58. The van der Waals surface area contributed by atoms with E-state index in [2.05, 4.69) is 36.4 Å². The van der Waals surface area contributed by atoms with Crippen LogP contribution < -0.4 is 9.47 Å². The van der Waals surface area contributed by atoms with E-state index < -0.39 is 8.07 Å². The van der Waals surface area contributed by atoms with Crippen LogP contribution in [0.15, 0.2) is 36.4 Å². The Morgan fingerprint density at radius 3 is 1.92 bits per heavy atom. The van der Waals surface area contributed by atoms with Gasteiger partial charge < -0.3 is 9.47 Å². The first-order valence-electron chi connectivity index (χ1n) is 8.36. The van der Waals surface area contributed by atoms with Crippen LogP contribution >= 0.6 is 22.6 Å². The van der Waals surface area contributed by atoms with Gasteiger partial charge in [0.15, 0.2) is 0 Å². The molecular weight excluding hydrogens is 453 g/mol. The fraction of sp³-hybridized carbons (Fsp3) is 0.368. The summed E-state index contributed by atoms with van der Waals surface area (Å²) in [6, 6.07) is 11.2. The quantitative estimate of drug-likeness (QED) is 0.349. The number of halogens is 3. The molecule has 136 valence electrons. The highest BCUT2D eigenvalue weighted by Gasteiger charge is 2.32. The highest BCUT2D eigenvalue weighted by atomic mass is 127. The first-order chi connectivity index (χ1) is 11.9. The zero-order valence-electron chi connectivity index (χ0n) is 14.7. The molecule has 0 unspecified atom stereocenters. The lowest BCUT2D eigenvalue weighted by molar-refractivity contribution is 0.338. The summed E-state index contributed by atoms with van der Waals surface area (Å²) in [7, 11) is -1.82. The van der Waals surface area contributed by atoms with Crippen LogP contribution in [-0.4, -0.2) is 20.5 Å². The summed E-state index contributed by atoms with van der Waals surface area (Å²) in [6.07, 6.45) is 1.23. The van der Waals surface area contributed by atoms with Crippen LogP contribution in [0, 0.1) is 22.1 Å². The summed E-state index contributed by atoms with van der Waals surface area (Å²) < 4.78 is 39.3. The molecule has 2 rings (SSSR count). The Balaban J connectivity index is 2.06. The molecule has 2 nitrogen and oxygen atoms in total. The zero-order valence-corrected chi connectivity index (χ0v) is 17.9. The Kier molecular flexibility index (Phi) is 7.24. The van der Waals surface area contributed by atoms with Crippen molar-refractivity contribution in [2.24, 2.45) is 0 Å². The largest absolute Gasteiger partial charge is 0.497 e. The van der Waals surface area contributed by atoms with Gasteiger partial charge in [-0.25, -0.2) is 8.78 Å². The van der Waals surface area contributed by atoms with Gasteiger partial charge in [0.25, 0.3) is 0 Å². The van der Waals surface area contributed by atoms with E-state index in [1.54, 1.807) is 12.1 Å². The van der Waals surface area contributed by atoms with Crippen molar-refractivity contribution in [2.75, 3.05) is 12.5 Å². The second-order valence-electron chi connectivity index (χ2n) is 6.27. The van der Waals surface area contributed by atoms with E-state index in [0.717, 1.165) is 27.0 Å². The Morgan fingerprint density at radius 2 is 1.40 bits per heavy atom. The number of benzene rings is 2. The fourth-order valence-corrected chi connectivity index (χ4v) is 5.48. The normalized spacial score (nSPS) is 11.4. The maximum absolute atomic E-state index is 13.2. The van der Waals surface area contributed by atoms with Gasteiger partial charge >= 0.3 is 0 Å². The Hall–Kier alpha value is -1.15. The van der Waals surface area contributed by atoms with E-state index in [1.807, 2.05) is 6.92 Å². The van der Waals surface area contributed by atoms with E-state index in [9.17, 15) is 8.78 Å². The molecule has 0 fully saturated rings. The lowest BCUT2D eigenvalue weighted by Gasteiger charge is -2.29. The molecule has 0 spiro atoms.